The van der Waals surface area contributed by atoms with Crippen molar-refractivity contribution in [1.82, 2.24) is 14.4 Å². The third kappa shape index (κ3) is 3.38. The molecular formula is C19H18FN3O4S. The summed E-state index contributed by atoms with van der Waals surface area (Å²) in [7, 11) is -3.67. The molecule has 3 aromatic rings. The van der Waals surface area contributed by atoms with Crippen LogP contribution in [-0.4, -0.2) is 42.6 Å². The van der Waals surface area contributed by atoms with Crippen LogP contribution in [0.25, 0.3) is 11.5 Å². The third-order valence-electron chi connectivity index (χ3n) is 4.51. The van der Waals surface area contributed by atoms with E-state index >= 15 is 0 Å². The Labute approximate surface area is 161 Å². The zero-order valence-electron chi connectivity index (χ0n) is 15.1. The first kappa shape index (κ1) is 18.6. The molecule has 0 bridgehead atoms. The lowest BCUT2D eigenvalue weighted by Gasteiger charge is -2.36. The second-order valence-corrected chi connectivity index (χ2v) is 8.27. The number of ether oxygens (including phenoxy) is 1. The molecule has 2 heterocycles. The van der Waals surface area contributed by atoms with Crippen LogP contribution >= 0.6 is 0 Å². The highest BCUT2D eigenvalue weighted by Gasteiger charge is 2.41. The van der Waals surface area contributed by atoms with E-state index in [1.54, 1.807) is 37.3 Å². The van der Waals surface area contributed by atoms with Crippen molar-refractivity contribution in [3.05, 3.63) is 60.2 Å². The average molecular weight is 403 g/mol. The van der Waals surface area contributed by atoms with E-state index in [0.717, 1.165) is 0 Å². The molecule has 0 atom stereocenters. The van der Waals surface area contributed by atoms with E-state index in [0.29, 0.717) is 23.7 Å². The molecule has 2 aromatic carbocycles. The third-order valence-corrected chi connectivity index (χ3v) is 6.38. The molecular weight excluding hydrogens is 385 g/mol. The highest BCUT2D eigenvalue weighted by molar-refractivity contribution is 7.89. The van der Waals surface area contributed by atoms with Crippen molar-refractivity contribution in [1.29, 1.82) is 0 Å². The maximum absolute atomic E-state index is 13.0. The SMILES string of the molecule is CCOc1ccccc1S(=O)(=O)N1CC(c2noc(-c3ccc(F)cc3)n2)C1. The molecule has 146 valence electrons. The molecule has 9 heteroatoms. The summed E-state index contributed by atoms with van der Waals surface area (Å²) in [6.07, 6.45) is 0. The monoisotopic (exact) mass is 403 g/mol. The van der Waals surface area contributed by atoms with Gasteiger partial charge < -0.3 is 9.26 Å². The van der Waals surface area contributed by atoms with Crippen LogP contribution in [0.4, 0.5) is 4.39 Å². The van der Waals surface area contributed by atoms with Gasteiger partial charge in [0.25, 0.3) is 5.89 Å². The van der Waals surface area contributed by atoms with E-state index in [2.05, 4.69) is 10.1 Å². The van der Waals surface area contributed by atoms with Gasteiger partial charge in [-0.1, -0.05) is 17.3 Å². The Kier molecular flexibility index (Phi) is 4.86. The van der Waals surface area contributed by atoms with Gasteiger partial charge in [-0.2, -0.15) is 9.29 Å². The highest BCUT2D eigenvalue weighted by Crippen LogP contribution is 2.34. The van der Waals surface area contributed by atoms with Crippen LogP contribution in [0.15, 0.2) is 57.9 Å². The van der Waals surface area contributed by atoms with Crippen molar-refractivity contribution >= 4 is 10.0 Å². The molecule has 1 aromatic heterocycles. The summed E-state index contributed by atoms with van der Waals surface area (Å²) in [4.78, 5) is 4.47. The first-order chi connectivity index (χ1) is 13.5. The maximum Gasteiger partial charge on any atom is 0.257 e. The minimum atomic E-state index is -3.67. The quantitative estimate of drug-likeness (QED) is 0.629. The van der Waals surface area contributed by atoms with Crippen LogP contribution in [0, 0.1) is 5.82 Å². The second kappa shape index (κ2) is 7.33. The summed E-state index contributed by atoms with van der Waals surface area (Å²) in [5.41, 5.74) is 0.606. The molecule has 0 aliphatic carbocycles. The van der Waals surface area contributed by atoms with Crippen molar-refractivity contribution in [3.8, 4) is 17.2 Å². The minimum absolute atomic E-state index is 0.149. The van der Waals surface area contributed by atoms with Crippen LogP contribution in [0.3, 0.4) is 0 Å². The van der Waals surface area contributed by atoms with Gasteiger partial charge in [0.2, 0.25) is 10.0 Å². The van der Waals surface area contributed by atoms with E-state index in [-0.39, 0.29) is 35.6 Å². The molecule has 1 saturated heterocycles. The van der Waals surface area contributed by atoms with Gasteiger partial charge in [-0.15, -0.1) is 0 Å². The number of aromatic nitrogens is 2. The van der Waals surface area contributed by atoms with Gasteiger partial charge in [-0.05, 0) is 43.3 Å². The lowest BCUT2D eigenvalue weighted by atomic mass is 10.0. The number of hydrogen-bond acceptors (Lipinski definition) is 6. The van der Waals surface area contributed by atoms with E-state index in [9.17, 15) is 12.8 Å². The highest BCUT2D eigenvalue weighted by atomic mass is 32.2. The second-order valence-electron chi connectivity index (χ2n) is 6.36. The molecule has 0 unspecified atom stereocenters. The number of sulfonamides is 1. The molecule has 7 nitrogen and oxygen atoms in total. The average Bonchev–Trinajstić information content (AvgIpc) is 3.11. The van der Waals surface area contributed by atoms with Crippen LogP contribution < -0.4 is 4.74 Å². The largest absolute Gasteiger partial charge is 0.492 e. The van der Waals surface area contributed by atoms with Crippen LogP contribution in [0.5, 0.6) is 5.75 Å². The zero-order chi connectivity index (χ0) is 19.7. The molecule has 0 amide bonds. The van der Waals surface area contributed by atoms with Crippen LogP contribution in [-0.2, 0) is 10.0 Å². The van der Waals surface area contributed by atoms with Crippen molar-refractivity contribution in [2.45, 2.75) is 17.7 Å². The number of rotatable bonds is 6. The molecule has 0 spiro atoms. The number of benzene rings is 2. The predicted octanol–water partition coefficient (Wildman–Crippen LogP) is 3.06. The van der Waals surface area contributed by atoms with E-state index < -0.39 is 10.0 Å². The summed E-state index contributed by atoms with van der Waals surface area (Å²) in [5.74, 6) is 0.538. The first-order valence-corrected chi connectivity index (χ1v) is 10.2. The molecule has 0 saturated carbocycles. The van der Waals surface area contributed by atoms with Gasteiger partial charge in [-0.3, -0.25) is 0 Å². The fraction of sp³-hybridized carbons (Fsp3) is 0.263. The van der Waals surface area contributed by atoms with Crippen LogP contribution in [0.2, 0.25) is 0 Å². The Morgan fingerprint density at radius 1 is 1.18 bits per heavy atom. The zero-order valence-corrected chi connectivity index (χ0v) is 15.9. The number of halogens is 1. The molecule has 0 N–H and O–H groups in total. The summed E-state index contributed by atoms with van der Waals surface area (Å²) < 4.78 is 50.9. The fourth-order valence-electron chi connectivity index (χ4n) is 2.99. The molecule has 1 aliphatic rings. The van der Waals surface area contributed by atoms with E-state index in [1.165, 1.54) is 22.5 Å². The number of nitrogens with zero attached hydrogens (tertiary/aromatic N) is 3. The molecule has 1 aliphatic heterocycles. The normalized spacial score (nSPS) is 15.4. The fourth-order valence-corrected chi connectivity index (χ4v) is 4.65. The van der Waals surface area contributed by atoms with Gasteiger partial charge in [-0.25, -0.2) is 12.8 Å². The summed E-state index contributed by atoms with van der Waals surface area (Å²) in [5, 5.41) is 3.95. The van der Waals surface area contributed by atoms with E-state index in [1.807, 2.05) is 0 Å². The van der Waals surface area contributed by atoms with Gasteiger partial charge in [0, 0.05) is 18.7 Å². The minimum Gasteiger partial charge on any atom is -0.492 e. The van der Waals surface area contributed by atoms with Crippen LogP contribution in [0.1, 0.15) is 18.7 Å². The smallest absolute Gasteiger partial charge is 0.257 e. The van der Waals surface area contributed by atoms with Gasteiger partial charge >= 0.3 is 0 Å². The predicted molar refractivity (Wildman–Crippen MR) is 98.8 cm³/mol. The standard InChI is InChI=1S/C19H18FN3O4S/c1-2-26-16-5-3-4-6-17(16)28(24,25)23-11-14(12-23)18-21-19(27-22-18)13-7-9-15(20)10-8-13/h3-10,14H,2,11-12H2,1H3. The molecule has 1 fully saturated rings. The Morgan fingerprint density at radius 2 is 1.89 bits per heavy atom. The lowest BCUT2D eigenvalue weighted by Crippen LogP contribution is -2.48. The van der Waals surface area contributed by atoms with Crippen molar-refractivity contribution in [2.75, 3.05) is 19.7 Å². The van der Waals surface area contributed by atoms with Crippen molar-refractivity contribution in [3.63, 3.8) is 0 Å². The topological polar surface area (TPSA) is 85.5 Å². The first-order valence-electron chi connectivity index (χ1n) is 8.80. The number of para-hydroxylation sites is 1. The maximum atomic E-state index is 13.0. The lowest BCUT2D eigenvalue weighted by molar-refractivity contribution is 0.248. The van der Waals surface area contributed by atoms with Crippen molar-refractivity contribution in [2.24, 2.45) is 0 Å². The molecule has 0 radical (unpaired) electrons. The number of hydrogen-bond donors (Lipinski definition) is 0. The van der Waals surface area contributed by atoms with Gasteiger partial charge in [0.1, 0.15) is 16.5 Å². The Bertz CT molecular complexity index is 1080. The Balaban J connectivity index is 1.48. The van der Waals surface area contributed by atoms with E-state index in [4.69, 9.17) is 9.26 Å². The molecule has 4 rings (SSSR count). The Morgan fingerprint density at radius 3 is 2.61 bits per heavy atom. The van der Waals surface area contributed by atoms with Crippen molar-refractivity contribution < 1.29 is 22.1 Å². The Hall–Kier alpha value is -2.78. The summed E-state index contributed by atoms with van der Waals surface area (Å²) >= 11 is 0. The summed E-state index contributed by atoms with van der Waals surface area (Å²) in [6.45, 7) is 2.69. The van der Waals surface area contributed by atoms with Gasteiger partial charge in [0.05, 0.1) is 12.5 Å². The molecule has 28 heavy (non-hydrogen) atoms. The summed E-state index contributed by atoms with van der Waals surface area (Å²) in [6, 6.07) is 12.3. The van der Waals surface area contributed by atoms with Gasteiger partial charge in [0.15, 0.2) is 5.82 Å².